The zero-order valence-corrected chi connectivity index (χ0v) is 16.0. The minimum absolute atomic E-state index is 0.0600. The molecule has 7 heteroatoms. The molecule has 1 aromatic heterocycles. The normalized spacial score (nSPS) is 18.6. The molecule has 2 atom stereocenters. The van der Waals surface area contributed by atoms with Crippen LogP contribution in [-0.4, -0.2) is 29.4 Å². The van der Waals surface area contributed by atoms with Gasteiger partial charge >= 0.3 is 0 Å². The van der Waals surface area contributed by atoms with Crippen LogP contribution in [-0.2, 0) is 16.1 Å². The summed E-state index contributed by atoms with van der Waals surface area (Å²) in [5, 5.41) is 7.33. The van der Waals surface area contributed by atoms with Gasteiger partial charge in [-0.2, -0.15) is 5.10 Å². The zero-order chi connectivity index (χ0) is 20.2. The van der Waals surface area contributed by atoms with Crippen molar-refractivity contribution in [3.8, 4) is 11.4 Å². The molecule has 29 heavy (non-hydrogen) atoms. The van der Waals surface area contributed by atoms with Gasteiger partial charge in [0.05, 0.1) is 24.4 Å². The van der Waals surface area contributed by atoms with E-state index in [1.807, 2.05) is 30.3 Å². The van der Waals surface area contributed by atoms with Gasteiger partial charge < -0.3 is 14.8 Å². The van der Waals surface area contributed by atoms with E-state index in [2.05, 4.69) is 10.4 Å². The molecule has 0 bridgehead atoms. The van der Waals surface area contributed by atoms with Crippen molar-refractivity contribution >= 4 is 5.91 Å². The fourth-order valence-corrected chi connectivity index (χ4v) is 3.54. The van der Waals surface area contributed by atoms with E-state index in [1.54, 1.807) is 30.1 Å². The molecule has 0 aliphatic carbocycles. The summed E-state index contributed by atoms with van der Waals surface area (Å²) in [5.74, 6) is 0.0908. The summed E-state index contributed by atoms with van der Waals surface area (Å²) < 4.78 is 26.0. The Labute approximate surface area is 168 Å². The highest BCUT2D eigenvalue weighted by atomic mass is 19.1. The highest BCUT2D eigenvalue weighted by Crippen LogP contribution is 2.35. The van der Waals surface area contributed by atoms with Crippen molar-refractivity contribution in [3.05, 3.63) is 77.9 Å². The molecule has 3 aromatic rings. The summed E-state index contributed by atoms with van der Waals surface area (Å²) in [7, 11) is 1.62. The monoisotopic (exact) mass is 395 g/mol. The van der Waals surface area contributed by atoms with E-state index >= 15 is 0 Å². The molecule has 0 spiro atoms. The second-order valence-corrected chi connectivity index (χ2v) is 6.90. The van der Waals surface area contributed by atoms with Crippen molar-refractivity contribution in [2.45, 2.75) is 19.1 Å². The lowest BCUT2D eigenvalue weighted by atomic mass is 9.97. The van der Waals surface area contributed by atoms with Gasteiger partial charge in [-0.3, -0.25) is 4.79 Å². The third-order valence-electron chi connectivity index (χ3n) is 5.09. The molecule has 0 saturated carbocycles. The van der Waals surface area contributed by atoms with Crippen molar-refractivity contribution in [2.24, 2.45) is 5.92 Å². The number of carbonyl (C=O) groups is 1. The molecular formula is C22H22FN3O3. The summed E-state index contributed by atoms with van der Waals surface area (Å²) in [5.41, 5.74) is 2.49. The van der Waals surface area contributed by atoms with E-state index < -0.39 is 6.10 Å². The van der Waals surface area contributed by atoms with Crippen LogP contribution in [0.25, 0.3) is 5.69 Å². The lowest BCUT2D eigenvalue weighted by molar-refractivity contribution is -0.127. The van der Waals surface area contributed by atoms with Crippen LogP contribution in [0, 0.1) is 11.7 Å². The first kappa shape index (κ1) is 19.1. The molecule has 1 aliphatic rings. The maximum atomic E-state index is 13.3. The lowest BCUT2D eigenvalue weighted by Gasteiger charge is -2.19. The maximum Gasteiger partial charge on any atom is 0.226 e. The van der Waals surface area contributed by atoms with Gasteiger partial charge in [-0.15, -0.1) is 0 Å². The standard InChI is InChI=1S/C22H22FN3O3/c1-28-18-8-2-15(3-9-18)14-24-22(27)19-11-13-29-21(19)20-10-12-25-26(20)17-6-4-16(23)5-7-17/h2-10,12,19,21H,11,13-14H2,1H3,(H,24,27)/t19-,21-/m0/s1. The highest BCUT2D eigenvalue weighted by Gasteiger charge is 2.37. The summed E-state index contributed by atoms with van der Waals surface area (Å²) >= 11 is 0. The maximum absolute atomic E-state index is 13.3. The Bertz CT molecular complexity index is 970. The van der Waals surface area contributed by atoms with E-state index in [9.17, 15) is 9.18 Å². The molecule has 1 N–H and O–H groups in total. The van der Waals surface area contributed by atoms with Crippen LogP contribution in [0.1, 0.15) is 23.8 Å². The number of ether oxygens (including phenoxy) is 2. The van der Waals surface area contributed by atoms with Gasteiger partial charge in [0.2, 0.25) is 5.91 Å². The van der Waals surface area contributed by atoms with Crippen LogP contribution in [0.3, 0.4) is 0 Å². The topological polar surface area (TPSA) is 65.4 Å². The van der Waals surface area contributed by atoms with Crippen LogP contribution in [0.5, 0.6) is 5.75 Å². The minimum atomic E-state index is -0.404. The molecule has 0 unspecified atom stereocenters. The van der Waals surface area contributed by atoms with Crippen LogP contribution >= 0.6 is 0 Å². The van der Waals surface area contributed by atoms with Gasteiger partial charge in [0.1, 0.15) is 17.7 Å². The number of halogens is 1. The first-order valence-corrected chi connectivity index (χ1v) is 9.48. The number of nitrogens with one attached hydrogen (secondary N) is 1. The number of amides is 1. The lowest BCUT2D eigenvalue weighted by Crippen LogP contribution is -2.32. The minimum Gasteiger partial charge on any atom is -0.497 e. The molecule has 150 valence electrons. The van der Waals surface area contributed by atoms with E-state index in [0.717, 1.165) is 22.7 Å². The molecule has 1 fully saturated rings. The Morgan fingerprint density at radius 3 is 2.69 bits per heavy atom. The molecule has 2 heterocycles. The van der Waals surface area contributed by atoms with Crippen molar-refractivity contribution in [1.29, 1.82) is 0 Å². The van der Waals surface area contributed by atoms with Gasteiger partial charge in [-0.25, -0.2) is 9.07 Å². The summed E-state index contributed by atoms with van der Waals surface area (Å²) in [4.78, 5) is 12.8. The molecule has 6 nitrogen and oxygen atoms in total. The molecule has 2 aromatic carbocycles. The predicted octanol–water partition coefficient (Wildman–Crippen LogP) is 3.41. The van der Waals surface area contributed by atoms with Gasteiger partial charge in [-0.1, -0.05) is 12.1 Å². The first-order chi connectivity index (χ1) is 14.2. The summed E-state index contributed by atoms with van der Waals surface area (Å²) in [6, 6.07) is 15.5. The SMILES string of the molecule is COc1ccc(CNC(=O)[C@H]2CCO[C@@H]2c2ccnn2-c2ccc(F)cc2)cc1. The Balaban J connectivity index is 1.47. The summed E-state index contributed by atoms with van der Waals surface area (Å²) in [6.07, 6.45) is 1.89. The van der Waals surface area contributed by atoms with E-state index in [4.69, 9.17) is 9.47 Å². The van der Waals surface area contributed by atoms with Gasteiger partial charge in [0.15, 0.2) is 0 Å². The molecular weight excluding hydrogens is 373 g/mol. The fraction of sp³-hybridized carbons (Fsp3) is 0.273. The van der Waals surface area contributed by atoms with Crippen molar-refractivity contribution in [1.82, 2.24) is 15.1 Å². The third-order valence-corrected chi connectivity index (χ3v) is 5.09. The molecule has 1 saturated heterocycles. The predicted molar refractivity (Wildman–Crippen MR) is 105 cm³/mol. The second-order valence-electron chi connectivity index (χ2n) is 6.90. The molecule has 1 amide bonds. The quantitative estimate of drug-likeness (QED) is 0.695. The Morgan fingerprint density at radius 1 is 1.21 bits per heavy atom. The number of benzene rings is 2. The smallest absolute Gasteiger partial charge is 0.226 e. The molecule has 1 aliphatic heterocycles. The molecule has 0 radical (unpaired) electrons. The number of aromatic nitrogens is 2. The van der Waals surface area contributed by atoms with Crippen LogP contribution < -0.4 is 10.1 Å². The average molecular weight is 395 g/mol. The van der Waals surface area contributed by atoms with Crippen LogP contribution in [0.2, 0.25) is 0 Å². The van der Waals surface area contributed by atoms with E-state index in [-0.39, 0.29) is 17.6 Å². The number of hydrogen-bond acceptors (Lipinski definition) is 4. The van der Waals surface area contributed by atoms with E-state index in [1.165, 1.54) is 12.1 Å². The molecule has 4 rings (SSSR count). The van der Waals surface area contributed by atoms with Crippen LogP contribution in [0.15, 0.2) is 60.8 Å². The Morgan fingerprint density at radius 2 is 1.97 bits per heavy atom. The number of methoxy groups -OCH3 is 1. The van der Waals surface area contributed by atoms with Gasteiger partial charge in [-0.05, 0) is 54.4 Å². The Kier molecular flexibility index (Phi) is 5.57. The van der Waals surface area contributed by atoms with Crippen molar-refractivity contribution in [2.75, 3.05) is 13.7 Å². The number of rotatable bonds is 6. The second kappa shape index (κ2) is 8.45. The Hall–Kier alpha value is -3.19. The van der Waals surface area contributed by atoms with Crippen LogP contribution in [0.4, 0.5) is 4.39 Å². The highest BCUT2D eigenvalue weighted by molar-refractivity contribution is 5.79. The largest absolute Gasteiger partial charge is 0.497 e. The average Bonchev–Trinajstić information content (AvgIpc) is 3.42. The fourth-order valence-electron chi connectivity index (χ4n) is 3.54. The number of nitrogens with zero attached hydrogens (tertiary/aromatic N) is 2. The number of hydrogen-bond donors (Lipinski definition) is 1. The van der Waals surface area contributed by atoms with Crippen molar-refractivity contribution < 1.29 is 18.7 Å². The summed E-state index contributed by atoms with van der Waals surface area (Å²) in [6.45, 7) is 0.934. The van der Waals surface area contributed by atoms with E-state index in [0.29, 0.717) is 19.6 Å². The zero-order valence-electron chi connectivity index (χ0n) is 16.0. The van der Waals surface area contributed by atoms with Gasteiger partial charge in [0.25, 0.3) is 0 Å². The number of carbonyl (C=O) groups excluding carboxylic acids is 1. The third kappa shape index (κ3) is 4.14. The van der Waals surface area contributed by atoms with Crippen molar-refractivity contribution in [3.63, 3.8) is 0 Å². The van der Waals surface area contributed by atoms with Gasteiger partial charge in [0, 0.05) is 19.3 Å². The first-order valence-electron chi connectivity index (χ1n) is 9.48.